The third-order valence-corrected chi connectivity index (χ3v) is 3.86. The van der Waals surface area contributed by atoms with Crippen molar-refractivity contribution in [1.82, 2.24) is 5.32 Å². The van der Waals surface area contributed by atoms with Crippen LogP contribution in [0.4, 0.5) is 4.39 Å². The van der Waals surface area contributed by atoms with Gasteiger partial charge in [0.25, 0.3) is 0 Å². The zero-order chi connectivity index (χ0) is 14.7. The van der Waals surface area contributed by atoms with Crippen LogP contribution in [0.5, 0.6) is 0 Å². The van der Waals surface area contributed by atoms with Gasteiger partial charge in [-0.3, -0.25) is 0 Å². The maximum atomic E-state index is 13.1. The van der Waals surface area contributed by atoms with Gasteiger partial charge in [-0.05, 0) is 44.9 Å². The highest BCUT2D eigenvalue weighted by atomic mass is 79.9. The Morgan fingerprint density at radius 1 is 1.32 bits per heavy atom. The molecule has 0 saturated heterocycles. The first kappa shape index (κ1) is 16.4. The monoisotopic (exact) mass is 327 g/mol. The van der Waals surface area contributed by atoms with Crippen LogP contribution >= 0.6 is 15.9 Å². The van der Waals surface area contributed by atoms with E-state index >= 15 is 0 Å². The summed E-state index contributed by atoms with van der Waals surface area (Å²) < 4.78 is 13.9. The Morgan fingerprint density at radius 2 is 1.95 bits per heavy atom. The standard InChI is InChI=1S/C16H23BrFN/c1-6-16(5,11-19-15(2,3)4)10-12-7-8-13(18)9-14(12)17/h6-9,19H,1,10-11H2,2-5H3. The number of rotatable bonds is 5. The predicted octanol–water partition coefficient (Wildman–Crippen LogP) is 4.71. The molecule has 1 atom stereocenters. The van der Waals surface area contributed by atoms with E-state index in [4.69, 9.17) is 0 Å². The van der Waals surface area contributed by atoms with Crippen LogP contribution in [0.2, 0.25) is 0 Å². The first-order chi connectivity index (χ1) is 8.65. The number of benzene rings is 1. The molecule has 0 heterocycles. The number of halogens is 2. The largest absolute Gasteiger partial charge is 0.311 e. The lowest BCUT2D eigenvalue weighted by Gasteiger charge is -2.31. The van der Waals surface area contributed by atoms with Gasteiger partial charge in [-0.2, -0.15) is 0 Å². The third kappa shape index (κ3) is 5.45. The summed E-state index contributed by atoms with van der Waals surface area (Å²) in [5, 5.41) is 3.50. The molecule has 1 N–H and O–H groups in total. The molecule has 1 rings (SSSR count). The average Bonchev–Trinajstić information content (AvgIpc) is 2.30. The fourth-order valence-corrected chi connectivity index (χ4v) is 2.27. The first-order valence-corrected chi connectivity index (χ1v) is 7.27. The molecule has 0 aliphatic carbocycles. The molecule has 0 amide bonds. The fraction of sp³-hybridized carbons (Fsp3) is 0.500. The molecule has 19 heavy (non-hydrogen) atoms. The second-order valence-corrected chi connectivity index (χ2v) is 7.23. The second-order valence-electron chi connectivity index (χ2n) is 6.37. The van der Waals surface area contributed by atoms with E-state index in [2.05, 4.69) is 55.5 Å². The zero-order valence-electron chi connectivity index (χ0n) is 12.2. The topological polar surface area (TPSA) is 12.0 Å². The van der Waals surface area contributed by atoms with Gasteiger partial charge in [0, 0.05) is 22.0 Å². The van der Waals surface area contributed by atoms with Crippen LogP contribution in [0.1, 0.15) is 33.3 Å². The van der Waals surface area contributed by atoms with Gasteiger partial charge in [0.1, 0.15) is 5.82 Å². The number of hydrogen-bond acceptors (Lipinski definition) is 1. The van der Waals surface area contributed by atoms with Crippen molar-refractivity contribution in [2.24, 2.45) is 5.41 Å². The van der Waals surface area contributed by atoms with Crippen LogP contribution in [0.15, 0.2) is 35.3 Å². The maximum Gasteiger partial charge on any atom is 0.124 e. The smallest absolute Gasteiger partial charge is 0.124 e. The third-order valence-electron chi connectivity index (χ3n) is 3.12. The van der Waals surface area contributed by atoms with Gasteiger partial charge >= 0.3 is 0 Å². The molecule has 1 unspecified atom stereocenters. The van der Waals surface area contributed by atoms with Crippen LogP contribution in [0, 0.1) is 11.2 Å². The Hall–Kier alpha value is -0.670. The lowest BCUT2D eigenvalue weighted by Crippen LogP contribution is -2.43. The van der Waals surface area contributed by atoms with Gasteiger partial charge < -0.3 is 5.32 Å². The first-order valence-electron chi connectivity index (χ1n) is 6.48. The van der Waals surface area contributed by atoms with Crippen molar-refractivity contribution < 1.29 is 4.39 Å². The molecule has 3 heteroatoms. The van der Waals surface area contributed by atoms with Crippen molar-refractivity contribution >= 4 is 15.9 Å². The minimum Gasteiger partial charge on any atom is -0.311 e. The molecule has 1 aromatic carbocycles. The van der Waals surface area contributed by atoms with E-state index in [-0.39, 0.29) is 16.8 Å². The lowest BCUT2D eigenvalue weighted by atomic mass is 9.83. The van der Waals surface area contributed by atoms with E-state index in [0.717, 1.165) is 23.0 Å². The van der Waals surface area contributed by atoms with Crippen molar-refractivity contribution in [3.05, 3.63) is 46.7 Å². The van der Waals surface area contributed by atoms with E-state index < -0.39 is 0 Å². The van der Waals surface area contributed by atoms with Crippen molar-refractivity contribution in [1.29, 1.82) is 0 Å². The fourth-order valence-electron chi connectivity index (χ4n) is 1.77. The molecule has 0 aliphatic rings. The Morgan fingerprint density at radius 3 is 2.42 bits per heavy atom. The van der Waals surface area contributed by atoms with Crippen LogP contribution in [-0.2, 0) is 6.42 Å². The summed E-state index contributed by atoms with van der Waals surface area (Å²) >= 11 is 3.42. The SMILES string of the molecule is C=CC(C)(CNC(C)(C)C)Cc1ccc(F)cc1Br. The van der Waals surface area contributed by atoms with E-state index in [1.165, 1.54) is 12.1 Å². The lowest BCUT2D eigenvalue weighted by molar-refractivity contribution is 0.322. The molecule has 106 valence electrons. The molecule has 1 aromatic rings. The normalized spacial score (nSPS) is 15.1. The highest BCUT2D eigenvalue weighted by Crippen LogP contribution is 2.28. The highest BCUT2D eigenvalue weighted by molar-refractivity contribution is 9.10. The van der Waals surface area contributed by atoms with E-state index in [0.29, 0.717) is 0 Å². The summed E-state index contributed by atoms with van der Waals surface area (Å²) in [4.78, 5) is 0. The second kappa shape index (κ2) is 6.19. The summed E-state index contributed by atoms with van der Waals surface area (Å²) in [6.07, 6.45) is 2.79. The van der Waals surface area contributed by atoms with Crippen molar-refractivity contribution in [2.75, 3.05) is 6.54 Å². The summed E-state index contributed by atoms with van der Waals surface area (Å²) in [6.45, 7) is 13.4. The van der Waals surface area contributed by atoms with Crippen LogP contribution < -0.4 is 5.32 Å². The van der Waals surface area contributed by atoms with Crippen molar-refractivity contribution in [2.45, 2.75) is 39.7 Å². The Labute approximate surface area is 124 Å². The van der Waals surface area contributed by atoms with Crippen LogP contribution in [-0.4, -0.2) is 12.1 Å². The van der Waals surface area contributed by atoms with E-state index in [1.807, 2.05) is 12.1 Å². The molecule has 0 bridgehead atoms. The molecule has 1 nitrogen and oxygen atoms in total. The summed E-state index contributed by atoms with van der Waals surface area (Å²) in [5.74, 6) is -0.219. The highest BCUT2D eigenvalue weighted by Gasteiger charge is 2.24. The molecule has 0 aromatic heterocycles. The van der Waals surface area contributed by atoms with Crippen molar-refractivity contribution in [3.8, 4) is 0 Å². The molecule has 0 fully saturated rings. The Kier molecular flexibility index (Phi) is 5.34. The zero-order valence-corrected chi connectivity index (χ0v) is 13.8. The molecule has 0 radical (unpaired) electrons. The Bertz CT molecular complexity index is 451. The molecule has 0 aliphatic heterocycles. The van der Waals surface area contributed by atoms with Crippen LogP contribution in [0.25, 0.3) is 0 Å². The van der Waals surface area contributed by atoms with Gasteiger partial charge in [-0.1, -0.05) is 35.0 Å². The number of hydrogen-bond donors (Lipinski definition) is 1. The maximum absolute atomic E-state index is 13.1. The van der Waals surface area contributed by atoms with Gasteiger partial charge in [0.2, 0.25) is 0 Å². The minimum atomic E-state index is -0.219. The summed E-state index contributed by atoms with van der Waals surface area (Å²) in [6, 6.07) is 4.84. The van der Waals surface area contributed by atoms with Gasteiger partial charge in [0.15, 0.2) is 0 Å². The van der Waals surface area contributed by atoms with Gasteiger partial charge in [-0.25, -0.2) is 4.39 Å². The minimum absolute atomic E-state index is 0.0619. The Balaban J connectivity index is 2.82. The molecular weight excluding hydrogens is 305 g/mol. The molecule has 0 spiro atoms. The quantitative estimate of drug-likeness (QED) is 0.772. The summed E-state index contributed by atoms with van der Waals surface area (Å²) in [5.41, 5.74) is 1.11. The molecular formula is C16H23BrFN. The van der Waals surface area contributed by atoms with Crippen LogP contribution in [0.3, 0.4) is 0 Å². The summed E-state index contributed by atoms with van der Waals surface area (Å²) in [7, 11) is 0. The van der Waals surface area contributed by atoms with E-state index in [1.54, 1.807) is 0 Å². The predicted molar refractivity (Wildman–Crippen MR) is 83.9 cm³/mol. The average molecular weight is 328 g/mol. The van der Waals surface area contributed by atoms with E-state index in [9.17, 15) is 4.39 Å². The van der Waals surface area contributed by atoms with Gasteiger partial charge in [0.05, 0.1) is 0 Å². The van der Waals surface area contributed by atoms with Crippen molar-refractivity contribution in [3.63, 3.8) is 0 Å². The number of nitrogens with one attached hydrogen (secondary N) is 1. The molecule has 0 saturated carbocycles. The van der Waals surface area contributed by atoms with Gasteiger partial charge in [-0.15, -0.1) is 6.58 Å².